The molecule has 104 valence electrons. The third kappa shape index (κ3) is 3.24. The van der Waals surface area contributed by atoms with Crippen molar-refractivity contribution in [2.45, 2.75) is 25.1 Å². The first-order valence-corrected chi connectivity index (χ1v) is 5.82. The quantitative estimate of drug-likeness (QED) is 0.655. The Morgan fingerprint density at radius 3 is 2.63 bits per heavy atom. The normalized spacial score (nSPS) is 17.6. The number of alkyl halides is 3. The van der Waals surface area contributed by atoms with Gasteiger partial charge in [0.05, 0.1) is 30.2 Å². The number of nitrogens with zero attached hydrogens (tertiary/aromatic N) is 1. The standard InChI is InChI=1S/C12H14F3N3O/c13-12(14,15)9-3-4-10(17-6-9)11(18-16)8-2-1-5-19-7-8/h3-4,6-7,11,18H,1-2,5,16H2. The summed E-state index contributed by atoms with van der Waals surface area (Å²) in [5.41, 5.74) is 3.09. The molecule has 0 aromatic carbocycles. The summed E-state index contributed by atoms with van der Waals surface area (Å²) in [5.74, 6) is 5.45. The van der Waals surface area contributed by atoms with Gasteiger partial charge in [0.1, 0.15) is 0 Å². The predicted octanol–water partition coefficient (Wildman–Crippen LogP) is 2.30. The van der Waals surface area contributed by atoms with Crippen molar-refractivity contribution in [3.8, 4) is 0 Å². The van der Waals surface area contributed by atoms with E-state index in [4.69, 9.17) is 10.6 Å². The van der Waals surface area contributed by atoms with Crippen LogP contribution in [-0.4, -0.2) is 11.6 Å². The van der Waals surface area contributed by atoms with E-state index >= 15 is 0 Å². The molecule has 1 aromatic rings. The molecular formula is C12H14F3N3O. The maximum absolute atomic E-state index is 12.4. The number of hydrazine groups is 1. The molecule has 0 amide bonds. The van der Waals surface area contributed by atoms with Crippen LogP contribution in [0.15, 0.2) is 30.2 Å². The number of hydrogen-bond donors (Lipinski definition) is 2. The fourth-order valence-corrected chi connectivity index (χ4v) is 1.92. The molecule has 19 heavy (non-hydrogen) atoms. The molecule has 1 unspecified atom stereocenters. The summed E-state index contributed by atoms with van der Waals surface area (Å²) in [4.78, 5) is 3.83. The number of pyridine rings is 1. The van der Waals surface area contributed by atoms with Gasteiger partial charge in [-0.2, -0.15) is 13.2 Å². The number of hydrogen-bond acceptors (Lipinski definition) is 4. The summed E-state index contributed by atoms with van der Waals surface area (Å²) in [6.45, 7) is 0.640. The van der Waals surface area contributed by atoms with Gasteiger partial charge in [-0.25, -0.2) is 5.43 Å². The molecule has 1 aliphatic heterocycles. The average molecular weight is 273 g/mol. The van der Waals surface area contributed by atoms with Crippen LogP contribution in [0.3, 0.4) is 0 Å². The highest BCUT2D eigenvalue weighted by Crippen LogP contribution is 2.30. The monoisotopic (exact) mass is 273 g/mol. The van der Waals surface area contributed by atoms with E-state index in [0.717, 1.165) is 30.7 Å². The van der Waals surface area contributed by atoms with E-state index in [1.165, 1.54) is 6.07 Å². The van der Waals surface area contributed by atoms with Gasteiger partial charge in [0.2, 0.25) is 0 Å². The molecule has 0 fully saturated rings. The van der Waals surface area contributed by atoms with Crippen molar-refractivity contribution in [2.75, 3.05) is 6.61 Å². The Kier molecular flexibility index (Phi) is 4.06. The van der Waals surface area contributed by atoms with Crippen molar-refractivity contribution in [2.24, 2.45) is 5.84 Å². The summed E-state index contributed by atoms with van der Waals surface area (Å²) < 4.78 is 42.5. The van der Waals surface area contributed by atoms with Gasteiger partial charge in [0.25, 0.3) is 0 Å². The van der Waals surface area contributed by atoms with E-state index < -0.39 is 17.8 Å². The second kappa shape index (κ2) is 5.58. The van der Waals surface area contributed by atoms with Crippen LogP contribution in [0.4, 0.5) is 13.2 Å². The summed E-state index contributed by atoms with van der Waals surface area (Å²) in [6.07, 6.45) is -0.357. The molecule has 0 spiro atoms. The highest BCUT2D eigenvalue weighted by molar-refractivity contribution is 5.25. The largest absolute Gasteiger partial charge is 0.501 e. The molecule has 0 aliphatic carbocycles. The molecule has 7 heteroatoms. The predicted molar refractivity (Wildman–Crippen MR) is 62.6 cm³/mol. The van der Waals surface area contributed by atoms with Gasteiger partial charge < -0.3 is 4.74 Å². The first kappa shape index (κ1) is 13.8. The highest BCUT2D eigenvalue weighted by Gasteiger charge is 2.31. The number of rotatable bonds is 3. The zero-order valence-corrected chi connectivity index (χ0v) is 10.1. The van der Waals surface area contributed by atoms with Crippen molar-refractivity contribution in [1.29, 1.82) is 0 Å². The summed E-state index contributed by atoms with van der Waals surface area (Å²) in [5, 5.41) is 0. The zero-order valence-electron chi connectivity index (χ0n) is 10.1. The Morgan fingerprint density at radius 2 is 2.16 bits per heavy atom. The van der Waals surface area contributed by atoms with Gasteiger partial charge in [-0.3, -0.25) is 10.8 Å². The summed E-state index contributed by atoms with van der Waals surface area (Å²) in [6, 6.07) is 1.89. The minimum atomic E-state index is -4.38. The third-order valence-corrected chi connectivity index (χ3v) is 2.91. The Labute approximate surface area is 108 Å². The van der Waals surface area contributed by atoms with Gasteiger partial charge >= 0.3 is 6.18 Å². The molecule has 2 heterocycles. The topological polar surface area (TPSA) is 60.2 Å². The van der Waals surface area contributed by atoms with Crippen LogP contribution >= 0.6 is 0 Å². The van der Waals surface area contributed by atoms with Crippen LogP contribution in [0.25, 0.3) is 0 Å². The van der Waals surface area contributed by atoms with Crippen LogP contribution in [-0.2, 0) is 10.9 Å². The van der Waals surface area contributed by atoms with Crippen LogP contribution < -0.4 is 11.3 Å². The van der Waals surface area contributed by atoms with Crippen molar-refractivity contribution >= 4 is 0 Å². The van der Waals surface area contributed by atoms with E-state index in [1.807, 2.05) is 0 Å². The molecule has 0 radical (unpaired) electrons. The van der Waals surface area contributed by atoms with Crippen molar-refractivity contribution in [1.82, 2.24) is 10.4 Å². The fraction of sp³-hybridized carbons (Fsp3) is 0.417. The van der Waals surface area contributed by atoms with Crippen LogP contribution in [0.1, 0.15) is 30.1 Å². The molecule has 4 nitrogen and oxygen atoms in total. The molecule has 0 saturated heterocycles. The molecule has 1 atom stereocenters. The molecule has 1 aromatic heterocycles. The van der Waals surface area contributed by atoms with Gasteiger partial charge in [-0.05, 0) is 30.5 Å². The Hall–Kier alpha value is -1.60. The number of halogens is 3. The van der Waals surface area contributed by atoms with Crippen molar-refractivity contribution in [3.05, 3.63) is 41.4 Å². The lowest BCUT2D eigenvalue weighted by atomic mass is 9.99. The van der Waals surface area contributed by atoms with Gasteiger partial charge in [0.15, 0.2) is 0 Å². The highest BCUT2D eigenvalue weighted by atomic mass is 19.4. The van der Waals surface area contributed by atoms with Gasteiger partial charge in [-0.1, -0.05) is 0 Å². The van der Waals surface area contributed by atoms with Crippen molar-refractivity contribution < 1.29 is 17.9 Å². The lowest BCUT2D eigenvalue weighted by molar-refractivity contribution is -0.137. The maximum atomic E-state index is 12.4. The summed E-state index contributed by atoms with van der Waals surface area (Å²) in [7, 11) is 0. The van der Waals surface area contributed by atoms with Crippen LogP contribution in [0.5, 0.6) is 0 Å². The Morgan fingerprint density at radius 1 is 1.37 bits per heavy atom. The summed E-state index contributed by atoms with van der Waals surface area (Å²) >= 11 is 0. The first-order valence-electron chi connectivity index (χ1n) is 5.82. The second-order valence-corrected chi connectivity index (χ2v) is 4.24. The lowest BCUT2D eigenvalue weighted by Crippen LogP contribution is -2.31. The van der Waals surface area contributed by atoms with E-state index in [2.05, 4.69) is 10.4 Å². The number of nitrogens with one attached hydrogen (secondary N) is 1. The number of ether oxygens (including phenoxy) is 1. The minimum Gasteiger partial charge on any atom is -0.501 e. The average Bonchev–Trinajstić information content (AvgIpc) is 2.40. The van der Waals surface area contributed by atoms with Crippen LogP contribution in [0, 0.1) is 0 Å². The van der Waals surface area contributed by atoms with Crippen molar-refractivity contribution in [3.63, 3.8) is 0 Å². The fourth-order valence-electron chi connectivity index (χ4n) is 1.92. The molecule has 3 N–H and O–H groups in total. The molecule has 0 saturated carbocycles. The Balaban J connectivity index is 2.22. The second-order valence-electron chi connectivity index (χ2n) is 4.24. The third-order valence-electron chi connectivity index (χ3n) is 2.91. The first-order chi connectivity index (χ1) is 9.02. The van der Waals surface area contributed by atoms with E-state index in [9.17, 15) is 13.2 Å². The van der Waals surface area contributed by atoms with E-state index in [-0.39, 0.29) is 0 Å². The SMILES string of the molecule is NNC(C1=COCCC1)c1ccc(C(F)(F)F)cn1. The molecular weight excluding hydrogens is 259 g/mol. The molecule has 0 bridgehead atoms. The van der Waals surface area contributed by atoms with E-state index in [0.29, 0.717) is 12.3 Å². The van der Waals surface area contributed by atoms with Gasteiger partial charge in [-0.15, -0.1) is 0 Å². The Bertz CT molecular complexity index is 456. The molecule has 2 rings (SSSR count). The van der Waals surface area contributed by atoms with E-state index in [1.54, 1.807) is 6.26 Å². The van der Waals surface area contributed by atoms with Crippen LogP contribution in [0.2, 0.25) is 0 Å². The molecule has 1 aliphatic rings. The minimum absolute atomic E-state index is 0.428. The maximum Gasteiger partial charge on any atom is 0.417 e. The zero-order chi connectivity index (χ0) is 13.9. The smallest absolute Gasteiger partial charge is 0.417 e. The lowest BCUT2D eigenvalue weighted by Gasteiger charge is -2.22. The number of nitrogens with two attached hydrogens (primary N) is 1. The van der Waals surface area contributed by atoms with Gasteiger partial charge in [0, 0.05) is 6.20 Å². The number of aromatic nitrogens is 1.